The number of likely N-dealkylation sites (tertiary alicyclic amines) is 1. The highest BCUT2D eigenvalue weighted by Gasteiger charge is 2.34. The Bertz CT molecular complexity index is 1050. The molecule has 1 atom stereocenters. The molecule has 3 amide bonds. The Hall–Kier alpha value is -3.02. The second-order valence-corrected chi connectivity index (χ2v) is 8.86. The second-order valence-electron chi connectivity index (χ2n) is 7.54. The fourth-order valence-electron chi connectivity index (χ4n) is 3.37. The van der Waals surface area contributed by atoms with Gasteiger partial charge in [-0.2, -0.15) is 0 Å². The van der Waals surface area contributed by atoms with Gasteiger partial charge in [-0.05, 0) is 36.0 Å². The predicted octanol–water partition coefficient (Wildman–Crippen LogP) is 2.16. The fourth-order valence-corrected chi connectivity index (χ4v) is 3.87. The topological polar surface area (TPSA) is 109 Å². The van der Waals surface area contributed by atoms with Crippen LogP contribution in [-0.2, 0) is 20.9 Å². The quantitative estimate of drug-likeness (QED) is 0.263. The Labute approximate surface area is 211 Å². The Morgan fingerprint density at radius 3 is 2.65 bits per heavy atom. The summed E-state index contributed by atoms with van der Waals surface area (Å²) in [5.74, 6) is -1.13. The van der Waals surface area contributed by atoms with E-state index in [0.29, 0.717) is 29.9 Å². The Morgan fingerprint density at radius 1 is 1.15 bits per heavy atom. The van der Waals surface area contributed by atoms with Crippen LogP contribution >= 0.6 is 28.1 Å². The molecular formula is C23H25BrN4O5S. The molecule has 1 unspecified atom stereocenters. The van der Waals surface area contributed by atoms with Crippen molar-refractivity contribution in [3.05, 3.63) is 64.1 Å². The van der Waals surface area contributed by atoms with Crippen LogP contribution in [0.2, 0.25) is 0 Å². The van der Waals surface area contributed by atoms with Crippen molar-refractivity contribution in [2.75, 3.05) is 26.9 Å². The summed E-state index contributed by atoms with van der Waals surface area (Å²) in [6, 6.07) is 14.6. The van der Waals surface area contributed by atoms with Crippen molar-refractivity contribution in [2.24, 2.45) is 5.92 Å². The van der Waals surface area contributed by atoms with Gasteiger partial charge >= 0.3 is 0 Å². The number of hydrazine groups is 1. The van der Waals surface area contributed by atoms with Crippen molar-refractivity contribution in [2.45, 2.75) is 13.0 Å². The number of carbonyl (C=O) groups is 3. The number of benzene rings is 2. The van der Waals surface area contributed by atoms with Crippen LogP contribution < -0.4 is 20.9 Å². The number of hydrogen-bond donors (Lipinski definition) is 3. The SMILES string of the molecule is COCCOc1ccc(Br)cc1C(=O)NC(=S)NNC(=O)C1CC(=O)N(Cc2ccccc2)C1. The van der Waals surface area contributed by atoms with Crippen molar-refractivity contribution in [1.29, 1.82) is 0 Å². The van der Waals surface area contributed by atoms with E-state index < -0.39 is 11.8 Å². The third kappa shape index (κ3) is 7.24. The van der Waals surface area contributed by atoms with Gasteiger partial charge in [0.15, 0.2) is 5.11 Å². The van der Waals surface area contributed by atoms with E-state index in [2.05, 4.69) is 32.1 Å². The average molecular weight is 549 g/mol. The van der Waals surface area contributed by atoms with Gasteiger partial charge in [-0.3, -0.25) is 30.6 Å². The Kier molecular flexibility index (Phi) is 9.37. The number of nitrogens with one attached hydrogen (secondary N) is 3. The molecule has 0 radical (unpaired) electrons. The van der Waals surface area contributed by atoms with Gasteiger partial charge in [-0.1, -0.05) is 46.3 Å². The lowest BCUT2D eigenvalue weighted by atomic mass is 10.1. The molecule has 0 saturated carbocycles. The first-order valence-electron chi connectivity index (χ1n) is 10.5. The number of carbonyl (C=O) groups excluding carboxylic acids is 3. The maximum absolute atomic E-state index is 12.7. The lowest BCUT2D eigenvalue weighted by molar-refractivity contribution is -0.129. The monoisotopic (exact) mass is 548 g/mol. The normalized spacial score (nSPS) is 15.1. The van der Waals surface area contributed by atoms with Crippen LogP contribution in [0, 0.1) is 5.92 Å². The first kappa shape index (κ1) is 25.6. The van der Waals surface area contributed by atoms with Crippen molar-refractivity contribution in [3.63, 3.8) is 0 Å². The van der Waals surface area contributed by atoms with Crippen molar-refractivity contribution in [3.8, 4) is 5.75 Å². The zero-order chi connectivity index (χ0) is 24.5. The van der Waals surface area contributed by atoms with Gasteiger partial charge in [0.05, 0.1) is 18.1 Å². The minimum atomic E-state index is -0.520. The summed E-state index contributed by atoms with van der Waals surface area (Å²) in [6.45, 7) is 1.40. The number of amides is 3. The maximum Gasteiger partial charge on any atom is 0.261 e. The first-order chi connectivity index (χ1) is 16.4. The molecule has 0 spiro atoms. The number of halogens is 1. The molecular weight excluding hydrogens is 524 g/mol. The molecule has 180 valence electrons. The zero-order valence-corrected chi connectivity index (χ0v) is 20.9. The third-order valence-electron chi connectivity index (χ3n) is 5.06. The number of methoxy groups -OCH3 is 1. The van der Waals surface area contributed by atoms with E-state index in [-0.39, 0.29) is 35.5 Å². The van der Waals surface area contributed by atoms with Crippen LogP contribution in [-0.4, -0.2) is 54.6 Å². The molecule has 1 fully saturated rings. The van der Waals surface area contributed by atoms with Crippen LogP contribution in [0.1, 0.15) is 22.3 Å². The smallest absolute Gasteiger partial charge is 0.261 e. The van der Waals surface area contributed by atoms with Crippen LogP contribution in [0.25, 0.3) is 0 Å². The van der Waals surface area contributed by atoms with Crippen molar-refractivity contribution in [1.82, 2.24) is 21.1 Å². The number of ether oxygens (including phenoxy) is 2. The minimum Gasteiger partial charge on any atom is -0.490 e. The standard InChI is InChI=1S/C23H25BrN4O5S/c1-32-9-10-33-19-8-7-17(24)12-18(19)22(31)25-23(34)27-26-21(30)16-11-20(29)28(14-16)13-15-5-3-2-4-6-15/h2-8,12,16H,9-11,13-14H2,1H3,(H,26,30)(H2,25,27,31,34). The minimum absolute atomic E-state index is 0.0875. The molecule has 1 heterocycles. The van der Waals surface area contributed by atoms with E-state index in [1.165, 1.54) is 0 Å². The molecule has 3 rings (SSSR count). The molecule has 11 heteroatoms. The van der Waals surface area contributed by atoms with E-state index >= 15 is 0 Å². The molecule has 0 aromatic heterocycles. The van der Waals surface area contributed by atoms with Gasteiger partial charge in [-0.25, -0.2) is 0 Å². The summed E-state index contributed by atoms with van der Waals surface area (Å²) in [5, 5.41) is 2.42. The highest BCUT2D eigenvalue weighted by molar-refractivity contribution is 9.10. The molecule has 2 aromatic rings. The predicted molar refractivity (Wildman–Crippen MR) is 133 cm³/mol. The molecule has 34 heavy (non-hydrogen) atoms. The van der Waals surface area contributed by atoms with Crippen LogP contribution in [0.3, 0.4) is 0 Å². The lowest BCUT2D eigenvalue weighted by Gasteiger charge is -2.17. The Balaban J connectivity index is 1.49. The van der Waals surface area contributed by atoms with E-state index in [1.54, 1.807) is 30.2 Å². The first-order valence-corrected chi connectivity index (χ1v) is 11.7. The summed E-state index contributed by atoms with van der Waals surface area (Å²) in [5.41, 5.74) is 6.26. The van der Waals surface area contributed by atoms with Crippen LogP contribution in [0.15, 0.2) is 53.0 Å². The molecule has 0 bridgehead atoms. The lowest BCUT2D eigenvalue weighted by Crippen LogP contribution is -2.50. The second kappa shape index (κ2) is 12.4. The molecule has 9 nitrogen and oxygen atoms in total. The summed E-state index contributed by atoms with van der Waals surface area (Å²) in [7, 11) is 1.55. The molecule has 1 aliphatic heterocycles. The zero-order valence-electron chi connectivity index (χ0n) is 18.5. The van der Waals surface area contributed by atoms with Crippen molar-refractivity contribution < 1.29 is 23.9 Å². The number of thiocarbonyl (C=S) groups is 1. The Morgan fingerprint density at radius 2 is 1.91 bits per heavy atom. The summed E-state index contributed by atoms with van der Waals surface area (Å²) < 4.78 is 11.2. The van der Waals surface area contributed by atoms with E-state index in [1.807, 2.05) is 30.3 Å². The van der Waals surface area contributed by atoms with Crippen LogP contribution in [0.4, 0.5) is 0 Å². The largest absolute Gasteiger partial charge is 0.490 e. The van der Waals surface area contributed by atoms with Gasteiger partial charge in [0.25, 0.3) is 5.91 Å². The van der Waals surface area contributed by atoms with Gasteiger partial charge < -0.3 is 14.4 Å². The van der Waals surface area contributed by atoms with Gasteiger partial charge in [0, 0.05) is 31.1 Å². The summed E-state index contributed by atoms with van der Waals surface area (Å²) >= 11 is 8.46. The van der Waals surface area contributed by atoms with Crippen LogP contribution in [0.5, 0.6) is 5.75 Å². The van der Waals surface area contributed by atoms with Gasteiger partial charge in [0.1, 0.15) is 12.4 Å². The summed E-state index contributed by atoms with van der Waals surface area (Å²) in [4.78, 5) is 39.2. The van der Waals surface area contributed by atoms with Crippen molar-refractivity contribution >= 4 is 51.0 Å². The maximum atomic E-state index is 12.7. The van der Waals surface area contributed by atoms with E-state index in [4.69, 9.17) is 21.7 Å². The molecule has 1 saturated heterocycles. The number of hydrogen-bond acceptors (Lipinski definition) is 6. The van der Waals surface area contributed by atoms with E-state index in [9.17, 15) is 14.4 Å². The average Bonchev–Trinajstić information content (AvgIpc) is 3.19. The van der Waals surface area contributed by atoms with Gasteiger partial charge in [-0.15, -0.1) is 0 Å². The summed E-state index contributed by atoms with van der Waals surface area (Å²) in [6.07, 6.45) is 0.111. The number of rotatable bonds is 8. The van der Waals surface area contributed by atoms with Gasteiger partial charge in [0.2, 0.25) is 11.8 Å². The fraction of sp³-hybridized carbons (Fsp3) is 0.304. The molecule has 3 N–H and O–H groups in total. The molecule has 1 aliphatic rings. The highest BCUT2D eigenvalue weighted by Crippen LogP contribution is 2.23. The third-order valence-corrected chi connectivity index (χ3v) is 5.76. The molecule has 0 aliphatic carbocycles. The number of nitrogens with zero attached hydrogens (tertiary/aromatic N) is 1. The highest BCUT2D eigenvalue weighted by atomic mass is 79.9. The molecule has 2 aromatic carbocycles. The van der Waals surface area contributed by atoms with E-state index in [0.717, 1.165) is 5.56 Å².